The average molecular weight is 322 g/mol. The number of benzene rings is 2. The van der Waals surface area contributed by atoms with Gasteiger partial charge in [-0.1, -0.05) is 38.1 Å². The van der Waals surface area contributed by atoms with Crippen LogP contribution in [-0.2, 0) is 6.54 Å². The maximum absolute atomic E-state index is 13.4. The number of anilines is 1. The van der Waals surface area contributed by atoms with E-state index in [0.29, 0.717) is 16.9 Å². The molecule has 2 rings (SSSR count). The highest BCUT2D eigenvalue weighted by molar-refractivity contribution is 9.10. The lowest BCUT2D eigenvalue weighted by Gasteiger charge is -2.09. The predicted molar refractivity (Wildman–Crippen MR) is 82.0 cm³/mol. The van der Waals surface area contributed by atoms with Crippen LogP contribution in [0.25, 0.3) is 0 Å². The first-order valence-corrected chi connectivity index (χ1v) is 7.13. The molecule has 19 heavy (non-hydrogen) atoms. The Morgan fingerprint density at radius 3 is 2.37 bits per heavy atom. The quantitative estimate of drug-likeness (QED) is 0.803. The van der Waals surface area contributed by atoms with Crippen molar-refractivity contribution in [2.45, 2.75) is 26.3 Å². The molecule has 0 aliphatic carbocycles. The van der Waals surface area contributed by atoms with Crippen LogP contribution in [0.5, 0.6) is 0 Å². The normalized spacial score (nSPS) is 10.8. The summed E-state index contributed by atoms with van der Waals surface area (Å²) in [5.74, 6) is 0.294. The Labute approximate surface area is 122 Å². The van der Waals surface area contributed by atoms with E-state index in [4.69, 9.17) is 0 Å². The Morgan fingerprint density at radius 2 is 1.79 bits per heavy atom. The molecule has 0 saturated heterocycles. The van der Waals surface area contributed by atoms with Crippen LogP contribution in [0.4, 0.5) is 10.1 Å². The molecule has 0 bridgehead atoms. The Balaban J connectivity index is 2.00. The SMILES string of the molecule is CC(C)c1ccc(CNc2ccc(Br)c(F)c2)cc1. The van der Waals surface area contributed by atoms with E-state index in [2.05, 4.69) is 59.4 Å². The molecule has 2 aromatic carbocycles. The van der Waals surface area contributed by atoms with Crippen molar-refractivity contribution in [2.75, 3.05) is 5.32 Å². The Morgan fingerprint density at radius 1 is 1.11 bits per heavy atom. The molecule has 0 amide bonds. The topological polar surface area (TPSA) is 12.0 Å². The molecule has 0 aliphatic heterocycles. The molecule has 100 valence electrons. The smallest absolute Gasteiger partial charge is 0.139 e. The van der Waals surface area contributed by atoms with Crippen LogP contribution >= 0.6 is 15.9 Å². The van der Waals surface area contributed by atoms with Crippen LogP contribution < -0.4 is 5.32 Å². The fraction of sp³-hybridized carbons (Fsp3) is 0.250. The van der Waals surface area contributed by atoms with E-state index in [1.807, 2.05) is 6.07 Å². The lowest BCUT2D eigenvalue weighted by Crippen LogP contribution is -2.00. The fourth-order valence-electron chi connectivity index (χ4n) is 1.83. The first-order chi connectivity index (χ1) is 9.06. The number of rotatable bonds is 4. The zero-order valence-corrected chi connectivity index (χ0v) is 12.7. The molecule has 0 spiro atoms. The third kappa shape index (κ3) is 3.80. The van der Waals surface area contributed by atoms with Gasteiger partial charge in [0.25, 0.3) is 0 Å². The monoisotopic (exact) mass is 321 g/mol. The van der Waals surface area contributed by atoms with E-state index < -0.39 is 0 Å². The van der Waals surface area contributed by atoms with Crippen molar-refractivity contribution in [2.24, 2.45) is 0 Å². The lowest BCUT2D eigenvalue weighted by molar-refractivity contribution is 0.621. The maximum atomic E-state index is 13.4. The highest BCUT2D eigenvalue weighted by Crippen LogP contribution is 2.20. The van der Waals surface area contributed by atoms with E-state index >= 15 is 0 Å². The number of nitrogens with one attached hydrogen (secondary N) is 1. The van der Waals surface area contributed by atoms with Crippen LogP contribution in [0.2, 0.25) is 0 Å². The molecule has 3 heteroatoms. The van der Waals surface area contributed by atoms with Crippen molar-refractivity contribution in [3.8, 4) is 0 Å². The van der Waals surface area contributed by atoms with Gasteiger partial charge in [-0.2, -0.15) is 0 Å². The molecule has 1 nitrogen and oxygen atoms in total. The van der Waals surface area contributed by atoms with Gasteiger partial charge in [0.15, 0.2) is 0 Å². The molecule has 1 N–H and O–H groups in total. The van der Waals surface area contributed by atoms with Crippen LogP contribution in [0.15, 0.2) is 46.9 Å². The van der Waals surface area contributed by atoms with Crippen LogP contribution in [0.3, 0.4) is 0 Å². The summed E-state index contributed by atoms with van der Waals surface area (Å²) in [6.45, 7) is 5.05. The first kappa shape index (κ1) is 14.1. The number of halogens is 2. The van der Waals surface area contributed by atoms with Gasteiger partial charge < -0.3 is 5.32 Å². The van der Waals surface area contributed by atoms with E-state index in [1.165, 1.54) is 17.2 Å². The lowest BCUT2D eigenvalue weighted by atomic mass is 10.0. The van der Waals surface area contributed by atoms with E-state index in [9.17, 15) is 4.39 Å². The van der Waals surface area contributed by atoms with Crippen LogP contribution in [0, 0.1) is 5.82 Å². The summed E-state index contributed by atoms with van der Waals surface area (Å²) < 4.78 is 13.8. The van der Waals surface area contributed by atoms with Gasteiger partial charge in [0.05, 0.1) is 4.47 Å². The second kappa shape index (κ2) is 6.20. The average Bonchev–Trinajstić information content (AvgIpc) is 2.40. The summed E-state index contributed by atoms with van der Waals surface area (Å²) in [5, 5.41) is 3.22. The summed E-state index contributed by atoms with van der Waals surface area (Å²) >= 11 is 3.14. The van der Waals surface area contributed by atoms with Gasteiger partial charge in [0.2, 0.25) is 0 Å². The minimum absolute atomic E-state index is 0.250. The summed E-state index contributed by atoms with van der Waals surface area (Å²) in [6, 6.07) is 13.6. The summed E-state index contributed by atoms with van der Waals surface area (Å²) in [6.07, 6.45) is 0. The molecule has 0 atom stereocenters. The Hall–Kier alpha value is -1.35. The van der Waals surface area contributed by atoms with Gasteiger partial charge in [0.1, 0.15) is 5.82 Å². The first-order valence-electron chi connectivity index (χ1n) is 6.34. The fourth-order valence-corrected chi connectivity index (χ4v) is 2.08. The molecule has 0 heterocycles. The summed E-state index contributed by atoms with van der Waals surface area (Å²) in [4.78, 5) is 0. The second-order valence-electron chi connectivity index (χ2n) is 4.88. The Kier molecular flexibility index (Phi) is 4.59. The van der Waals surface area contributed by atoms with Gasteiger partial charge in [0, 0.05) is 12.2 Å². The maximum Gasteiger partial charge on any atom is 0.139 e. The summed E-state index contributed by atoms with van der Waals surface area (Å²) in [7, 11) is 0. The van der Waals surface area contributed by atoms with Crippen molar-refractivity contribution in [3.63, 3.8) is 0 Å². The Bertz CT molecular complexity index is 549. The van der Waals surface area contributed by atoms with Crippen molar-refractivity contribution < 1.29 is 4.39 Å². The van der Waals surface area contributed by atoms with Gasteiger partial charge in [-0.25, -0.2) is 4.39 Å². The molecular weight excluding hydrogens is 305 g/mol. The summed E-state index contributed by atoms with van der Waals surface area (Å²) in [5.41, 5.74) is 3.31. The van der Waals surface area contributed by atoms with Crippen LogP contribution in [-0.4, -0.2) is 0 Å². The van der Waals surface area contributed by atoms with Gasteiger partial charge in [-0.05, 0) is 51.2 Å². The third-order valence-corrected chi connectivity index (χ3v) is 3.71. The minimum Gasteiger partial charge on any atom is -0.381 e. The van der Waals surface area contributed by atoms with Gasteiger partial charge in [-0.15, -0.1) is 0 Å². The molecule has 2 aromatic rings. The van der Waals surface area contributed by atoms with E-state index in [1.54, 1.807) is 6.07 Å². The van der Waals surface area contributed by atoms with E-state index in [0.717, 1.165) is 5.69 Å². The molecule has 0 aromatic heterocycles. The standard InChI is InChI=1S/C16H17BrFN/c1-11(2)13-5-3-12(4-6-13)10-19-14-7-8-15(17)16(18)9-14/h3-9,11,19H,10H2,1-2H3. The number of hydrogen-bond acceptors (Lipinski definition) is 1. The van der Waals surface area contributed by atoms with Crippen molar-refractivity contribution in [3.05, 3.63) is 63.9 Å². The van der Waals surface area contributed by atoms with Crippen molar-refractivity contribution in [1.82, 2.24) is 0 Å². The highest BCUT2D eigenvalue weighted by Gasteiger charge is 2.01. The van der Waals surface area contributed by atoms with Crippen LogP contribution in [0.1, 0.15) is 30.9 Å². The molecule has 0 saturated carbocycles. The largest absolute Gasteiger partial charge is 0.381 e. The number of hydrogen-bond donors (Lipinski definition) is 1. The highest BCUT2D eigenvalue weighted by atomic mass is 79.9. The third-order valence-electron chi connectivity index (χ3n) is 3.06. The zero-order chi connectivity index (χ0) is 13.8. The second-order valence-corrected chi connectivity index (χ2v) is 5.73. The predicted octanol–water partition coefficient (Wildman–Crippen LogP) is 5.32. The molecule has 0 unspecified atom stereocenters. The van der Waals surface area contributed by atoms with E-state index in [-0.39, 0.29) is 5.82 Å². The van der Waals surface area contributed by atoms with Crippen molar-refractivity contribution >= 4 is 21.6 Å². The minimum atomic E-state index is -0.250. The molecule has 0 radical (unpaired) electrons. The molecular formula is C16H17BrFN. The molecule has 0 aliphatic rings. The van der Waals surface area contributed by atoms with Gasteiger partial charge >= 0.3 is 0 Å². The van der Waals surface area contributed by atoms with Crippen molar-refractivity contribution in [1.29, 1.82) is 0 Å². The zero-order valence-electron chi connectivity index (χ0n) is 11.1. The van der Waals surface area contributed by atoms with Gasteiger partial charge in [-0.3, -0.25) is 0 Å². The molecule has 0 fully saturated rings.